The van der Waals surface area contributed by atoms with E-state index in [2.05, 4.69) is 0 Å². The molecule has 0 saturated carbocycles. The van der Waals surface area contributed by atoms with Gasteiger partial charge in [-0.25, -0.2) is 0 Å². The highest BCUT2D eigenvalue weighted by atomic mass is 127. The van der Waals surface area contributed by atoms with Crippen LogP contribution in [0.25, 0.3) is 0 Å². The molecule has 0 saturated heterocycles. The van der Waals surface area contributed by atoms with Crippen LogP contribution in [0.4, 0.5) is 0 Å². The molecular formula is C9H11I2NO2. The van der Waals surface area contributed by atoms with Gasteiger partial charge in [0.15, 0.2) is 0 Å². The van der Waals surface area contributed by atoms with Crippen molar-refractivity contribution in [3.63, 3.8) is 0 Å². The van der Waals surface area contributed by atoms with E-state index in [1.165, 1.54) is 0 Å². The Hall–Kier alpha value is 0.400. The number of halogens is 2. The van der Waals surface area contributed by atoms with E-state index in [4.69, 9.17) is 5.73 Å². The van der Waals surface area contributed by atoms with Gasteiger partial charge in [0.05, 0.1) is 19.3 Å². The topological polar surface area (TPSA) is 66.5 Å². The van der Waals surface area contributed by atoms with E-state index in [0.717, 1.165) is 12.7 Å². The molecule has 4 N–H and O–H groups in total. The maximum atomic E-state index is 9.53. The summed E-state index contributed by atoms with van der Waals surface area (Å²) in [5.74, 6) is 0.271. The number of rotatable bonds is 2. The molecule has 0 aliphatic carbocycles. The number of phenols is 1. The molecule has 1 rings (SSSR count). The van der Waals surface area contributed by atoms with Crippen molar-refractivity contribution >= 4 is 45.2 Å². The number of benzene rings is 1. The van der Waals surface area contributed by atoms with Crippen LogP contribution in [0.3, 0.4) is 0 Å². The normalized spacial score (nSPS) is 15.2. The summed E-state index contributed by atoms with van der Waals surface area (Å²) in [7, 11) is 0. The highest BCUT2D eigenvalue weighted by Crippen LogP contribution is 2.29. The van der Waals surface area contributed by atoms with Gasteiger partial charge in [0.25, 0.3) is 0 Å². The standard InChI is InChI=1S/C9H11I2NO2/c1-4(13)8(12)5-2-6(10)9(14)7(11)3-5/h2-4,8,13-14H,12H2,1H3/t4-,8+/m0/s1. The summed E-state index contributed by atoms with van der Waals surface area (Å²) in [6.45, 7) is 1.65. The Morgan fingerprint density at radius 2 is 1.71 bits per heavy atom. The zero-order chi connectivity index (χ0) is 10.9. The first-order valence-electron chi connectivity index (χ1n) is 4.05. The molecule has 0 aromatic heterocycles. The predicted octanol–water partition coefficient (Wildman–Crippen LogP) is 1.98. The number of aliphatic hydroxyl groups is 1. The monoisotopic (exact) mass is 419 g/mol. The van der Waals surface area contributed by atoms with Gasteiger partial charge in [0, 0.05) is 0 Å². The van der Waals surface area contributed by atoms with Gasteiger partial charge in [-0.05, 0) is 69.8 Å². The number of hydrogen-bond acceptors (Lipinski definition) is 3. The second-order valence-electron chi connectivity index (χ2n) is 3.10. The summed E-state index contributed by atoms with van der Waals surface area (Å²) in [4.78, 5) is 0. The molecule has 0 bridgehead atoms. The zero-order valence-electron chi connectivity index (χ0n) is 7.54. The van der Waals surface area contributed by atoms with Crippen LogP contribution in [-0.4, -0.2) is 16.3 Å². The number of aromatic hydroxyl groups is 1. The Morgan fingerprint density at radius 3 is 2.07 bits per heavy atom. The van der Waals surface area contributed by atoms with Gasteiger partial charge in [-0.15, -0.1) is 0 Å². The summed E-state index contributed by atoms with van der Waals surface area (Å²) in [6.07, 6.45) is -0.592. The zero-order valence-corrected chi connectivity index (χ0v) is 11.9. The lowest BCUT2D eigenvalue weighted by molar-refractivity contribution is 0.164. The molecule has 0 spiro atoms. The molecule has 1 aromatic carbocycles. The maximum Gasteiger partial charge on any atom is 0.142 e. The fraction of sp³-hybridized carbons (Fsp3) is 0.333. The molecule has 0 aliphatic heterocycles. The van der Waals surface area contributed by atoms with Crippen LogP contribution in [0.1, 0.15) is 18.5 Å². The van der Waals surface area contributed by atoms with Crippen LogP contribution in [0, 0.1) is 7.14 Å². The van der Waals surface area contributed by atoms with Crippen LogP contribution in [-0.2, 0) is 0 Å². The molecule has 5 heteroatoms. The van der Waals surface area contributed by atoms with Gasteiger partial charge < -0.3 is 15.9 Å². The van der Waals surface area contributed by atoms with Gasteiger partial charge in [-0.3, -0.25) is 0 Å². The minimum absolute atomic E-state index is 0.271. The van der Waals surface area contributed by atoms with Crippen molar-refractivity contribution in [3.8, 4) is 5.75 Å². The van der Waals surface area contributed by atoms with Crippen LogP contribution < -0.4 is 5.73 Å². The molecule has 1 aromatic rings. The number of nitrogens with two attached hydrogens (primary N) is 1. The smallest absolute Gasteiger partial charge is 0.142 e. The van der Waals surface area contributed by atoms with Crippen molar-refractivity contribution in [1.82, 2.24) is 0 Å². The third-order valence-corrected chi connectivity index (χ3v) is 3.59. The Labute approximate surface area is 110 Å². The summed E-state index contributed by atoms with van der Waals surface area (Å²) in [5.41, 5.74) is 6.63. The Kier molecular flexibility index (Phi) is 4.41. The molecule has 3 nitrogen and oxygen atoms in total. The second-order valence-corrected chi connectivity index (χ2v) is 5.42. The second kappa shape index (κ2) is 4.95. The predicted molar refractivity (Wildman–Crippen MR) is 72.1 cm³/mol. The van der Waals surface area contributed by atoms with Gasteiger partial charge in [0.1, 0.15) is 5.75 Å². The molecule has 14 heavy (non-hydrogen) atoms. The average Bonchev–Trinajstić information content (AvgIpc) is 2.12. The Balaban J connectivity index is 3.12. The minimum atomic E-state index is -0.592. The van der Waals surface area contributed by atoms with Crippen molar-refractivity contribution in [3.05, 3.63) is 24.8 Å². The molecule has 0 radical (unpaired) electrons. The molecule has 0 fully saturated rings. The first-order valence-corrected chi connectivity index (χ1v) is 6.20. The van der Waals surface area contributed by atoms with Gasteiger partial charge >= 0.3 is 0 Å². The number of aliphatic hydroxyl groups excluding tert-OH is 1. The lowest BCUT2D eigenvalue weighted by Gasteiger charge is -2.16. The lowest BCUT2D eigenvalue weighted by Crippen LogP contribution is -2.23. The van der Waals surface area contributed by atoms with E-state index in [-0.39, 0.29) is 5.75 Å². The molecular weight excluding hydrogens is 408 g/mol. The van der Waals surface area contributed by atoms with E-state index < -0.39 is 12.1 Å². The largest absolute Gasteiger partial charge is 0.506 e. The fourth-order valence-corrected chi connectivity index (χ4v) is 2.87. The van der Waals surface area contributed by atoms with Gasteiger partial charge in [-0.1, -0.05) is 0 Å². The minimum Gasteiger partial charge on any atom is -0.506 e. The summed E-state index contributed by atoms with van der Waals surface area (Å²) in [5, 5.41) is 18.9. The summed E-state index contributed by atoms with van der Waals surface area (Å²) in [6, 6.07) is 3.17. The maximum absolute atomic E-state index is 9.53. The molecule has 0 heterocycles. The average molecular weight is 419 g/mol. The van der Waals surface area contributed by atoms with Crippen molar-refractivity contribution in [2.75, 3.05) is 0 Å². The van der Waals surface area contributed by atoms with Crippen LogP contribution in [0.5, 0.6) is 5.75 Å². The quantitative estimate of drug-likeness (QED) is 0.643. The van der Waals surface area contributed by atoms with Crippen LogP contribution in [0.15, 0.2) is 12.1 Å². The number of phenolic OH excluding ortho intramolecular Hbond substituents is 1. The third kappa shape index (κ3) is 2.71. The van der Waals surface area contributed by atoms with Crippen molar-refractivity contribution in [2.45, 2.75) is 19.1 Å². The van der Waals surface area contributed by atoms with E-state index in [1.54, 1.807) is 19.1 Å². The van der Waals surface area contributed by atoms with Crippen LogP contribution in [0.2, 0.25) is 0 Å². The van der Waals surface area contributed by atoms with E-state index >= 15 is 0 Å². The Morgan fingerprint density at radius 1 is 1.29 bits per heavy atom. The van der Waals surface area contributed by atoms with E-state index in [0.29, 0.717) is 0 Å². The number of hydrogen-bond donors (Lipinski definition) is 3. The highest BCUT2D eigenvalue weighted by molar-refractivity contribution is 14.1. The van der Waals surface area contributed by atoms with Crippen molar-refractivity contribution in [1.29, 1.82) is 0 Å². The van der Waals surface area contributed by atoms with E-state index in [1.807, 2.05) is 45.2 Å². The Bertz CT molecular complexity index is 319. The van der Waals surface area contributed by atoms with Crippen molar-refractivity contribution < 1.29 is 10.2 Å². The molecule has 2 atom stereocenters. The first-order chi connectivity index (χ1) is 6.43. The van der Waals surface area contributed by atoms with Gasteiger partial charge in [-0.2, -0.15) is 0 Å². The molecule has 78 valence electrons. The van der Waals surface area contributed by atoms with Crippen LogP contribution >= 0.6 is 45.2 Å². The molecule has 0 amide bonds. The summed E-state index contributed by atoms with van der Waals surface area (Å²) >= 11 is 4.08. The first kappa shape index (κ1) is 12.5. The summed E-state index contributed by atoms with van der Waals surface area (Å²) < 4.78 is 1.50. The SMILES string of the molecule is C[C@H](O)[C@@H](N)c1cc(I)c(O)c(I)c1. The lowest BCUT2D eigenvalue weighted by atomic mass is 10.0. The highest BCUT2D eigenvalue weighted by Gasteiger charge is 2.15. The molecule has 0 aliphatic rings. The van der Waals surface area contributed by atoms with E-state index in [9.17, 15) is 10.2 Å². The van der Waals surface area contributed by atoms with Crippen molar-refractivity contribution in [2.24, 2.45) is 5.73 Å². The third-order valence-electron chi connectivity index (χ3n) is 1.94. The van der Waals surface area contributed by atoms with Gasteiger partial charge in [0.2, 0.25) is 0 Å². The molecule has 0 unspecified atom stereocenters. The fourth-order valence-electron chi connectivity index (χ4n) is 1.06.